The molecule has 0 saturated heterocycles. The molecule has 0 atom stereocenters. The summed E-state index contributed by atoms with van der Waals surface area (Å²) in [7, 11) is -3.29. The van der Waals surface area contributed by atoms with Crippen LogP contribution < -0.4 is 5.73 Å². The summed E-state index contributed by atoms with van der Waals surface area (Å²) in [5.41, 5.74) is 5.32. The van der Waals surface area contributed by atoms with Crippen molar-refractivity contribution < 1.29 is 8.42 Å². The lowest BCUT2D eigenvalue weighted by molar-refractivity contribution is 0.375. The first-order chi connectivity index (χ1) is 7.33. The Hall–Kier alpha value is -0.200. The molecule has 1 saturated carbocycles. The predicted molar refractivity (Wildman–Crippen MR) is 69.8 cm³/mol. The first-order valence-corrected chi connectivity index (χ1v) is 7.62. The average molecular weight is 264 g/mol. The topological polar surface area (TPSA) is 63.4 Å². The Morgan fingerprint density at radius 3 is 2.44 bits per heavy atom. The minimum Gasteiger partial charge on any atom is -0.392 e. The molecule has 0 bridgehead atoms. The maximum absolute atomic E-state index is 12.0. The van der Waals surface area contributed by atoms with E-state index in [0.717, 1.165) is 19.3 Å². The number of nitrogens with two attached hydrogens (primary N) is 1. The molecule has 0 spiro atoms. The van der Waals surface area contributed by atoms with Gasteiger partial charge in [-0.25, -0.2) is 8.42 Å². The highest BCUT2D eigenvalue weighted by molar-refractivity contribution is 7.92. The molecule has 1 fully saturated rings. The molecule has 4 nitrogen and oxygen atoms in total. The van der Waals surface area contributed by atoms with E-state index in [1.165, 1.54) is 0 Å². The molecule has 1 rings (SSSR count). The van der Waals surface area contributed by atoms with Crippen LogP contribution in [0, 0.1) is 5.92 Å². The standard InChI is InChI=1S/C10H20N2O2S2/c1-8(2)5-6-12(9-3-4-9)16(13,14)7-10(11)15/h8-9H,3-7H2,1-2H3,(H2,11,15). The zero-order chi connectivity index (χ0) is 12.3. The van der Waals surface area contributed by atoms with Gasteiger partial charge in [0, 0.05) is 12.6 Å². The van der Waals surface area contributed by atoms with Crippen LogP contribution >= 0.6 is 12.2 Å². The summed E-state index contributed by atoms with van der Waals surface area (Å²) in [5.74, 6) is 0.304. The van der Waals surface area contributed by atoms with Gasteiger partial charge in [-0.15, -0.1) is 0 Å². The Kier molecular flexibility index (Phi) is 4.70. The summed E-state index contributed by atoms with van der Waals surface area (Å²) < 4.78 is 25.6. The normalized spacial score (nSPS) is 17.0. The lowest BCUT2D eigenvalue weighted by atomic mass is 10.1. The third kappa shape index (κ3) is 4.35. The van der Waals surface area contributed by atoms with Gasteiger partial charge in [-0.1, -0.05) is 26.1 Å². The van der Waals surface area contributed by atoms with Crippen molar-refractivity contribution in [3.8, 4) is 0 Å². The van der Waals surface area contributed by atoms with E-state index in [-0.39, 0.29) is 16.8 Å². The summed E-state index contributed by atoms with van der Waals surface area (Å²) >= 11 is 4.68. The number of hydrogen-bond donors (Lipinski definition) is 1. The summed E-state index contributed by atoms with van der Waals surface area (Å²) in [6.45, 7) is 4.77. The summed E-state index contributed by atoms with van der Waals surface area (Å²) in [6.07, 6.45) is 2.82. The monoisotopic (exact) mass is 264 g/mol. The Morgan fingerprint density at radius 1 is 1.50 bits per heavy atom. The van der Waals surface area contributed by atoms with Crippen molar-refractivity contribution in [3.63, 3.8) is 0 Å². The fraction of sp³-hybridized carbons (Fsp3) is 0.900. The van der Waals surface area contributed by atoms with Crippen molar-refractivity contribution in [2.24, 2.45) is 11.7 Å². The minimum atomic E-state index is -3.29. The van der Waals surface area contributed by atoms with E-state index in [0.29, 0.717) is 12.5 Å². The lowest BCUT2D eigenvalue weighted by Crippen LogP contribution is -2.39. The van der Waals surface area contributed by atoms with Crippen LogP contribution in [0.1, 0.15) is 33.1 Å². The van der Waals surface area contributed by atoms with Crippen molar-refractivity contribution in [2.45, 2.75) is 39.2 Å². The highest BCUT2D eigenvalue weighted by Crippen LogP contribution is 2.30. The molecule has 1 aliphatic rings. The SMILES string of the molecule is CC(C)CCN(C1CC1)S(=O)(=O)CC(N)=S. The number of nitrogens with zero attached hydrogens (tertiary/aromatic N) is 1. The Morgan fingerprint density at radius 2 is 2.06 bits per heavy atom. The van der Waals surface area contributed by atoms with E-state index in [1.807, 2.05) is 0 Å². The second-order valence-electron chi connectivity index (χ2n) is 4.75. The summed E-state index contributed by atoms with van der Waals surface area (Å²) in [6, 6.07) is 0.193. The van der Waals surface area contributed by atoms with Crippen molar-refractivity contribution in [1.82, 2.24) is 4.31 Å². The van der Waals surface area contributed by atoms with Gasteiger partial charge in [-0.05, 0) is 25.2 Å². The van der Waals surface area contributed by atoms with Gasteiger partial charge in [0.15, 0.2) is 0 Å². The summed E-state index contributed by atoms with van der Waals surface area (Å²) in [5, 5.41) is 0. The van der Waals surface area contributed by atoms with Crippen molar-refractivity contribution in [2.75, 3.05) is 12.3 Å². The Balaban J connectivity index is 2.65. The second kappa shape index (κ2) is 5.42. The highest BCUT2D eigenvalue weighted by atomic mass is 32.2. The fourth-order valence-electron chi connectivity index (χ4n) is 1.56. The van der Waals surface area contributed by atoms with E-state index in [9.17, 15) is 8.42 Å². The summed E-state index contributed by atoms with van der Waals surface area (Å²) in [4.78, 5) is 0.0511. The maximum Gasteiger partial charge on any atom is 0.220 e. The molecule has 0 unspecified atom stereocenters. The zero-order valence-corrected chi connectivity index (χ0v) is 11.5. The van der Waals surface area contributed by atoms with Crippen LogP contribution in [0.2, 0.25) is 0 Å². The van der Waals surface area contributed by atoms with Crippen LogP contribution in [-0.2, 0) is 10.0 Å². The van der Waals surface area contributed by atoms with Gasteiger partial charge in [-0.2, -0.15) is 4.31 Å². The zero-order valence-electron chi connectivity index (χ0n) is 9.85. The van der Waals surface area contributed by atoms with E-state index in [1.54, 1.807) is 4.31 Å². The third-order valence-electron chi connectivity index (χ3n) is 2.56. The number of hydrogen-bond acceptors (Lipinski definition) is 3. The van der Waals surface area contributed by atoms with E-state index in [4.69, 9.17) is 5.73 Å². The fourth-order valence-corrected chi connectivity index (χ4v) is 3.58. The van der Waals surface area contributed by atoms with Crippen LogP contribution in [0.15, 0.2) is 0 Å². The first kappa shape index (κ1) is 13.9. The molecule has 0 aliphatic heterocycles. The maximum atomic E-state index is 12.0. The van der Waals surface area contributed by atoms with E-state index < -0.39 is 10.0 Å². The van der Waals surface area contributed by atoms with Gasteiger partial charge >= 0.3 is 0 Å². The molecule has 0 radical (unpaired) electrons. The van der Waals surface area contributed by atoms with Gasteiger partial charge in [0.05, 0.1) is 4.99 Å². The van der Waals surface area contributed by atoms with Crippen LogP contribution in [0.5, 0.6) is 0 Å². The lowest BCUT2D eigenvalue weighted by Gasteiger charge is -2.22. The minimum absolute atomic E-state index is 0.0511. The quantitative estimate of drug-likeness (QED) is 0.700. The highest BCUT2D eigenvalue weighted by Gasteiger charge is 2.36. The largest absolute Gasteiger partial charge is 0.392 e. The second-order valence-corrected chi connectivity index (χ2v) is 7.19. The number of rotatable bonds is 7. The van der Waals surface area contributed by atoms with Gasteiger partial charge < -0.3 is 5.73 Å². The number of sulfonamides is 1. The molecule has 0 heterocycles. The van der Waals surface area contributed by atoms with Gasteiger partial charge in [0.2, 0.25) is 10.0 Å². The number of thiocarbonyl (C=S) groups is 1. The third-order valence-corrected chi connectivity index (χ3v) is 4.76. The van der Waals surface area contributed by atoms with E-state index in [2.05, 4.69) is 26.1 Å². The van der Waals surface area contributed by atoms with Gasteiger partial charge in [0.1, 0.15) is 5.75 Å². The molecule has 0 amide bonds. The molecule has 16 heavy (non-hydrogen) atoms. The van der Waals surface area contributed by atoms with Crippen LogP contribution in [-0.4, -0.2) is 36.1 Å². The molecular weight excluding hydrogens is 244 g/mol. The Bertz CT molecular complexity index is 348. The molecule has 0 aromatic rings. The molecule has 2 N–H and O–H groups in total. The van der Waals surface area contributed by atoms with Gasteiger partial charge in [-0.3, -0.25) is 0 Å². The molecule has 0 aromatic heterocycles. The average Bonchev–Trinajstić information content (AvgIpc) is 2.84. The van der Waals surface area contributed by atoms with Crippen molar-refractivity contribution >= 4 is 27.2 Å². The van der Waals surface area contributed by atoms with Crippen LogP contribution in [0.4, 0.5) is 0 Å². The molecular formula is C10H20N2O2S2. The molecule has 0 aromatic carbocycles. The molecule has 94 valence electrons. The van der Waals surface area contributed by atoms with E-state index >= 15 is 0 Å². The van der Waals surface area contributed by atoms with Crippen LogP contribution in [0.3, 0.4) is 0 Å². The van der Waals surface area contributed by atoms with Crippen molar-refractivity contribution in [1.29, 1.82) is 0 Å². The molecule has 6 heteroatoms. The molecule has 1 aliphatic carbocycles. The Labute approximate surface area is 103 Å². The van der Waals surface area contributed by atoms with Crippen LogP contribution in [0.25, 0.3) is 0 Å². The van der Waals surface area contributed by atoms with Crippen molar-refractivity contribution in [3.05, 3.63) is 0 Å². The smallest absolute Gasteiger partial charge is 0.220 e. The first-order valence-electron chi connectivity index (χ1n) is 5.60. The predicted octanol–water partition coefficient (Wildman–Crippen LogP) is 1.11. The van der Waals surface area contributed by atoms with Gasteiger partial charge in [0.25, 0.3) is 0 Å².